The zero-order valence-corrected chi connectivity index (χ0v) is 12.1. The van der Waals surface area contributed by atoms with Gasteiger partial charge in [-0.15, -0.1) is 0 Å². The first kappa shape index (κ1) is 15.0. The number of hydrogen-bond donors (Lipinski definition) is 0. The van der Waals surface area contributed by atoms with Crippen LogP contribution in [-0.4, -0.2) is 29.3 Å². The van der Waals surface area contributed by atoms with Gasteiger partial charge in [0.15, 0.2) is 5.82 Å². The van der Waals surface area contributed by atoms with E-state index in [0.29, 0.717) is 12.5 Å². The second-order valence-corrected chi connectivity index (χ2v) is 5.16. The Kier molecular flexibility index (Phi) is 5.52. The van der Waals surface area contributed by atoms with Crippen molar-refractivity contribution < 1.29 is 18.8 Å². The van der Waals surface area contributed by atoms with Gasteiger partial charge < -0.3 is 14.0 Å². The van der Waals surface area contributed by atoms with Gasteiger partial charge in [-0.25, -0.2) is 0 Å². The normalized spacial score (nSPS) is 22.7. The lowest BCUT2D eigenvalue weighted by Gasteiger charge is -2.26. The quantitative estimate of drug-likeness (QED) is 0.745. The topological polar surface area (TPSA) is 74.5 Å². The van der Waals surface area contributed by atoms with E-state index in [1.54, 1.807) is 0 Å². The first-order valence-electron chi connectivity index (χ1n) is 7.23. The molecular formula is C14H22N2O4. The average Bonchev–Trinajstić information content (AvgIpc) is 2.93. The number of nitrogens with zero attached hydrogens (tertiary/aromatic N) is 2. The predicted octanol–water partition coefficient (Wildman–Crippen LogP) is 2.27. The molecule has 6 heteroatoms. The fourth-order valence-corrected chi connectivity index (χ4v) is 2.49. The lowest BCUT2D eigenvalue weighted by molar-refractivity contribution is -0.147. The molecule has 0 N–H and O–H groups in total. The van der Waals surface area contributed by atoms with Gasteiger partial charge in [-0.1, -0.05) is 12.1 Å². The summed E-state index contributed by atoms with van der Waals surface area (Å²) in [5.74, 6) is 1.19. The molecule has 0 amide bonds. The lowest BCUT2D eigenvalue weighted by atomic mass is 9.87. The van der Waals surface area contributed by atoms with Crippen molar-refractivity contribution in [2.75, 3.05) is 7.11 Å². The van der Waals surface area contributed by atoms with E-state index in [0.717, 1.165) is 44.3 Å². The van der Waals surface area contributed by atoms with Gasteiger partial charge in [0.25, 0.3) is 5.89 Å². The van der Waals surface area contributed by atoms with Gasteiger partial charge in [-0.2, -0.15) is 4.98 Å². The second kappa shape index (κ2) is 7.38. The Balaban J connectivity index is 1.71. The molecule has 20 heavy (non-hydrogen) atoms. The molecule has 0 saturated heterocycles. The Labute approximate surface area is 118 Å². The zero-order chi connectivity index (χ0) is 14.4. The minimum atomic E-state index is -0.107. The molecule has 1 saturated carbocycles. The van der Waals surface area contributed by atoms with E-state index in [2.05, 4.69) is 17.1 Å². The maximum atomic E-state index is 11.4. The number of esters is 1. The van der Waals surface area contributed by atoms with Gasteiger partial charge in [0.05, 0.1) is 19.1 Å². The molecule has 0 aliphatic heterocycles. The molecule has 1 aromatic heterocycles. The predicted molar refractivity (Wildman–Crippen MR) is 70.8 cm³/mol. The van der Waals surface area contributed by atoms with Gasteiger partial charge in [-0.05, 0) is 32.1 Å². The summed E-state index contributed by atoms with van der Waals surface area (Å²) in [6.07, 6.45) is 5.37. The van der Waals surface area contributed by atoms with Crippen LogP contribution in [0, 0.1) is 5.92 Å². The van der Waals surface area contributed by atoms with E-state index in [9.17, 15) is 4.79 Å². The van der Waals surface area contributed by atoms with Crippen molar-refractivity contribution in [2.45, 2.75) is 58.2 Å². The molecule has 0 atom stereocenters. The van der Waals surface area contributed by atoms with E-state index in [-0.39, 0.29) is 18.0 Å². The molecule has 0 unspecified atom stereocenters. The molecule has 1 fully saturated rings. The van der Waals surface area contributed by atoms with Gasteiger partial charge in [0, 0.05) is 6.42 Å². The summed E-state index contributed by atoms with van der Waals surface area (Å²) in [5, 5.41) is 3.89. The molecule has 1 aromatic rings. The number of methoxy groups -OCH3 is 1. The maximum absolute atomic E-state index is 11.4. The van der Waals surface area contributed by atoms with Crippen LogP contribution >= 0.6 is 0 Å². The van der Waals surface area contributed by atoms with E-state index in [4.69, 9.17) is 14.0 Å². The molecule has 2 rings (SSSR count). The fourth-order valence-electron chi connectivity index (χ4n) is 2.49. The van der Waals surface area contributed by atoms with Crippen LogP contribution in [0.3, 0.4) is 0 Å². The Morgan fingerprint density at radius 2 is 2.10 bits per heavy atom. The Hall–Kier alpha value is -1.43. The van der Waals surface area contributed by atoms with Crippen LogP contribution in [0.15, 0.2) is 4.52 Å². The summed E-state index contributed by atoms with van der Waals surface area (Å²) in [4.78, 5) is 15.7. The van der Waals surface area contributed by atoms with E-state index < -0.39 is 0 Å². The highest BCUT2D eigenvalue weighted by Gasteiger charge is 2.27. The Morgan fingerprint density at radius 3 is 2.75 bits per heavy atom. The first-order valence-corrected chi connectivity index (χ1v) is 7.23. The zero-order valence-electron chi connectivity index (χ0n) is 12.1. The van der Waals surface area contributed by atoms with Crippen molar-refractivity contribution >= 4 is 5.97 Å². The highest BCUT2D eigenvalue weighted by Crippen LogP contribution is 2.27. The van der Waals surface area contributed by atoms with Gasteiger partial charge in [0.1, 0.15) is 6.61 Å². The van der Waals surface area contributed by atoms with Crippen LogP contribution in [0.2, 0.25) is 0 Å². The van der Waals surface area contributed by atoms with E-state index >= 15 is 0 Å². The van der Waals surface area contributed by atoms with Crippen LogP contribution in [0.25, 0.3) is 0 Å². The minimum absolute atomic E-state index is 0.0272. The number of hydrogen-bond acceptors (Lipinski definition) is 6. The lowest BCUT2D eigenvalue weighted by Crippen LogP contribution is -2.26. The molecule has 1 aliphatic carbocycles. The summed E-state index contributed by atoms with van der Waals surface area (Å²) < 4.78 is 15.7. The standard InChI is InChI=1S/C14H22N2O4/c1-3-4-12-15-13(20-16-12)9-19-11-7-5-10(6-8-11)14(17)18-2/h10-11H,3-9H2,1-2H3. The number of rotatable bonds is 6. The largest absolute Gasteiger partial charge is 0.469 e. The molecular weight excluding hydrogens is 260 g/mol. The van der Waals surface area contributed by atoms with Gasteiger partial charge >= 0.3 is 5.97 Å². The van der Waals surface area contributed by atoms with Crippen molar-refractivity contribution in [1.82, 2.24) is 10.1 Å². The van der Waals surface area contributed by atoms with E-state index in [1.165, 1.54) is 7.11 Å². The highest BCUT2D eigenvalue weighted by atomic mass is 16.5. The number of carbonyl (C=O) groups excluding carboxylic acids is 1. The summed E-state index contributed by atoms with van der Waals surface area (Å²) in [6, 6.07) is 0. The van der Waals surface area contributed by atoms with Gasteiger partial charge in [-0.3, -0.25) is 4.79 Å². The van der Waals surface area contributed by atoms with Crippen molar-refractivity contribution in [3.8, 4) is 0 Å². The number of ether oxygens (including phenoxy) is 2. The SMILES string of the molecule is CCCc1noc(COC2CCC(C(=O)OC)CC2)n1. The molecule has 0 bridgehead atoms. The summed E-state index contributed by atoms with van der Waals surface area (Å²) in [7, 11) is 1.44. The molecule has 1 heterocycles. The van der Waals surface area contributed by atoms with Crippen LogP contribution in [0.4, 0.5) is 0 Å². The Bertz CT molecular complexity index is 425. The van der Waals surface area contributed by atoms with Crippen molar-refractivity contribution in [3.63, 3.8) is 0 Å². The van der Waals surface area contributed by atoms with Gasteiger partial charge in [0.2, 0.25) is 0 Å². The average molecular weight is 282 g/mol. The van der Waals surface area contributed by atoms with Crippen molar-refractivity contribution in [1.29, 1.82) is 0 Å². The smallest absolute Gasteiger partial charge is 0.308 e. The number of carbonyl (C=O) groups is 1. The summed E-state index contributed by atoms with van der Waals surface area (Å²) >= 11 is 0. The monoisotopic (exact) mass is 282 g/mol. The minimum Gasteiger partial charge on any atom is -0.469 e. The van der Waals surface area contributed by atoms with Crippen LogP contribution in [0.5, 0.6) is 0 Å². The molecule has 6 nitrogen and oxygen atoms in total. The van der Waals surface area contributed by atoms with E-state index in [1.807, 2.05) is 0 Å². The fraction of sp³-hybridized carbons (Fsp3) is 0.786. The Morgan fingerprint density at radius 1 is 1.35 bits per heavy atom. The third-order valence-corrected chi connectivity index (χ3v) is 3.63. The van der Waals surface area contributed by atoms with Crippen LogP contribution in [-0.2, 0) is 27.3 Å². The summed E-state index contributed by atoms with van der Waals surface area (Å²) in [6.45, 7) is 2.43. The third-order valence-electron chi connectivity index (χ3n) is 3.63. The van der Waals surface area contributed by atoms with Crippen molar-refractivity contribution in [3.05, 3.63) is 11.7 Å². The molecule has 0 aromatic carbocycles. The maximum Gasteiger partial charge on any atom is 0.308 e. The van der Waals surface area contributed by atoms with Crippen LogP contribution in [0.1, 0.15) is 50.7 Å². The third kappa shape index (κ3) is 4.03. The van der Waals surface area contributed by atoms with Crippen LogP contribution < -0.4 is 0 Å². The molecule has 0 radical (unpaired) electrons. The molecule has 1 aliphatic rings. The highest BCUT2D eigenvalue weighted by molar-refractivity contribution is 5.72. The summed E-state index contributed by atoms with van der Waals surface area (Å²) in [5.41, 5.74) is 0. The molecule has 0 spiro atoms. The molecule has 112 valence electrons. The number of aryl methyl sites for hydroxylation is 1. The van der Waals surface area contributed by atoms with Crippen molar-refractivity contribution in [2.24, 2.45) is 5.92 Å². The second-order valence-electron chi connectivity index (χ2n) is 5.16. The first-order chi connectivity index (χ1) is 9.72. The number of aromatic nitrogens is 2.